The Morgan fingerprint density at radius 3 is 2.35 bits per heavy atom. The van der Waals surface area contributed by atoms with Crippen molar-refractivity contribution in [2.24, 2.45) is 0 Å². The Kier molecular flexibility index (Phi) is 9.06. The van der Waals surface area contributed by atoms with Crippen molar-refractivity contribution in [1.29, 1.82) is 0 Å². The molecule has 2 aromatic carbocycles. The number of sulfonamides is 1. The Morgan fingerprint density at radius 2 is 1.67 bits per heavy atom. The molecule has 2 amide bonds. The molecule has 0 radical (unpaired) electrons. The van der Waals surface area contributed by atoms with Gasteiger partial charge in [0.25, 0.3) is 11.8 Å². The van der Waals surface area contributed by atoms with Crippen LogP contribution in [0.3, 0.4) is 0 Å². The molecule has 0 aliphatic carbocycles. The van der Waals surface area contributed by atoms with E-state index >= 15 is 0 Å². The van der Waals surface area contributed by atoms with Gasteiger partial charge in [0.2, 0.25) is 10.0 Å². The zero-order chi connectivity index (χ0) is 35.2. The van der Waals surface area contributed by atoms with E-state index in [1.165, 1.54) is 0 Å². The number of benzene rings is 2. The number of piperazine rings is 1. The molecule has 13 nitrogen and oxygen atoms in total. The maximum Gasteiger partial charge on any atom is 0.273 e. The molecule has 3 N–H and O–H groups in total. The van der Waals surface area contributed by atoms with Crippen molar-refractivity contribution in [3.05, 3.63) is 82.3 Å². The minimum Gasteiger partial charge on any atom is -0.369 e. The van der Waals surface area contributed by atoms with Gasteiger partial charge in [-0.15, -0.1) is 0 Å². The first kappa shape index (κ1) is 34.2. The van der Waals surface area contributed by atoms with Crippen LogP contribution in [0.2, 0.25) is 0 Å². The molecule has 1 fully saturated rings. The Morgan fingerprint density at radius 1 is 0.980 bits per heavy atom. The van der Waals surface area contributed by atoms with Crippen LogP contribution in [0.15, 0.2) is 47.4 Å². The molecule has 1 saturated heterocycles. The number of carbonyl (C=O) groups excluding carboxylic acids is 2. The van der Waals surface area contributed by atoms with Crippen LogP contribution in [0, 0.1) is 18.6 Å². The summed E-state index contributed by atoms with van der Waals surface area (Å²) < 4.78 is 57.9. The number of anilines is 3. The first-order chi connectivity index (χ1) is 23.2. The Hall–Kier alpha value is -4.67. The summed E-state index contributed by atoms with van der Waals surface area (Å²) in [6.07, 6.45) is 0. The van der Waals surface area contributed by atoms with E-state index in [0.29, 0.717) is 35.3 Å². The lowest BCUT2D eigenvalue weighted by atomic mass is 9.84. The van der Waals surface area contributed by atoms with Crippen molar-refractivity contribution in [2.45, 2.75) is 51.1 Å². The van der Waals surface area contributed by atoms with Gasteiger partial charge in [-0.05, 0) is 57.3 Å². The van der Waals surface area contributed by atoms with Crippen LogP contribution in [0.5, 0.6) is 0 Å². The number of rotatable bonds is 8. The fraction of sp³-hybridized carbons (Fsp3) is 0.394. The number of carbonyl (C=O) groups is 2. The van der Waals surface area contributed by atoms with Gasteiger partial charge in [0.1, 0.15) is 17.3 Å². The molecule has 0 atom stereocenters. The smallest absolute Gasteiger partial charge is 0.273 e. The highest BCUT2D eigenvalue weighted by Gasteiger charge is 2.41. The number of nitrogens with one attached hydrogen (secondary N) is 3. The van der Waals surface area contributed by atoms with E-state index in [0.717, 1.165) is 48.3 Å². The van der Waals surface area contributed by atoms with Crippen LogP contribution >= 0.6 is 0 Å². The molecule has 2 aliphatic rings. The second-order valence-corrected chi connectivity index (χ2v) is 15.0. The Labute approximate surface area is 283 Å². The van der Waals surface area contributed by atoms with E-state index in [1.54, 1.807) is 43.7 Å². The second-order valence-electron chi connectivity index (χ2n) is 13.1. The predicted octanol–water partition coefficient (Wildman–Crippen LogP) is 3.95. The fourth-order valence-electron chi connectivity index (χ4n) is 6.36. The zero-order valence-electron chi connectivity index (χ0n) is 28.0. The van der Waals surface area contributed by atoms with Gasteiger partial charge < -0.3 is 20.4 Å². The number of hydrogen-bond donors (Lipinski definition) is 3. The molecule has 0 bridgehead atoms. The normalized spacial score (nSPS) is 16.8. The number of fused-ring (bicyclic) bond motifs is 1. The number of amides is 2. The SMILES string of the molecule is CCn1nc(C)cc1C(=O)Nc1cc(N2CCN(C)CC2)ccc1C(=O)Nc1n[nH]c2c1CN(S(=O)(=O)c1cc(F)cc(F)c1)CC2(C)C. The molecule has 2 aliphatic heterocycles. The quantitative estimate of drug-likeness (QED) is 0.251. The van der Waals surface area contributed by atoms with E-state index in [1.807, 2.05) is 13.0 Å². The van der Waals surface area contributed by atoms with Crippen LogP contribution in [0.1, 0.15) is 58.6 Å². The molecular weight excluding hydrogens is 656 g/mol. The first-order valence-corrected chi connectivity index (χ1v) is 17.4. The Bertz CT molecular complexity index is 2010. The minimum absolute atomic E-state index is 0.00615. The predicted molar refractivity (Wildman–Crippen MR) is 180 cm³/mol. The number of nitrogens with zero attached hydrogens (tertiary/aromatic N) is 6. The molecule has 6 rings (SSSR count). The summed E-state index contributed by atoms with van der Waals surface area (Å²) in [7, 11) is -2.27. The number of aromatic nitrogens is 4. The van der Waals surface area contributed by atoms with Crippen LogP contribution in [-0.2, 0) is 28.5 Å². The van der Waals surface area contributed by atoms with Crippen molar-refractivity contribution in [3.8, 4) is 0 Å². The summed E-state index contributed by atoms with van der Waals surface area (Å²) >= 11 is 0. The van der Waals surface area contributed by atoms with Crippen LogP contribution < -0.4 is 15.5 Å². The third-order valence-corrected chi connectivity index (χ3v) is 10.7. The van der Waals surface area contributed by atoms with Crippen molar-refractivity contribution in [3.63, 3.8) is 0 Å². The zero-order valence-corrected chi connectivity index (χ0v) is 28.8. The molecule has 49 heavy (non-hydrogen) atoms. The van der Waals surface area contributed by atoms with Crippen molar-refractivity contribution < 1.29 is 26.8 Å². The van der Waals surface area contributed by atoms with Crippen molar-refractivity contribution in [1.82, 2.24) is 29.2 Å². The number of aromatic amines is 1. The number of hydrogen-bond acceptors (Lipinski definition) is 8. The number of H-pyrrole nitrogens is 1. The van der Waals surface area contributed by atoms with Crippen molar-refractivity contribution >= 4 is 39.0 Å². The van der Waals surface area contributed by atoms with Crippen LogP contribution in [-0.4, -0.2) is 89.2 Å². The highest BCUT2D eigenvalue weighted by molar-refractivity contribution is 7.89. The largest absolute Gasteiger partial charge is 0.369 e. The summed E-state index contributed by atoms with van der Waals surface area (Å²) in [6.45, 7) is 10.8. The van der Waals surface area contributed by atoms with E-state index < -0.39 is 43.8 Å². The average molecular weight is 696 g/mol. The van der Waals surface area contributed by atoms with E-state index in [4.69, 9.17) is 0 Å². The van der Waals surface area contributed by atoms with Gasteiger partial charge in [-0.2, -0.15) is 14.5 Å². The van der Waals surface area contributed by atoms with Gasteiger partial charge in [0.15, 0.2) is 5.82 Å². The third kappa shape index (κ3) is 6.80. The molecule has 4 aromatic rings. The third-order valence-electron chi connectivity index (χ3n) is 8.95. The van der Waals surface area contributed by atoms with Crippen LogP contribution in [0.4, 0.5) is 26.0 Å². The summed E-state index contributed by atoms with van der Waals surface area (Å²) in [5.74, 6) is -2.94. The maximum atomic E-state index is 14.0. The summed E-state index contributed by atoms with van der Waals surface area (Å²) in [5, 5.41) is 17.4. The molecular formula is C33H39F2N9O4S. The number of halogens is 2. The lowest BCUT2D eigenvalue weighted by molar-refractivity contribution is 0.101. The lowest BCUT2D eigenvalue weighted by Crippen LogP contribution is -2.45. The topological polar surface area (TPSA) is 149 Å². The van der Waals surface area contributed by atoms with E-state index in [-0.39, 0.29) is 30.2 Å². The van der Waals surface area contributed by atoms with Gasteiger partial charge in [-0.25, -0.2) is 17.2 Å². The van der Waals surface area contributed by atoms with Gasteiger partial charge in [0, 0.05) is 74.2 Å². The van der Waals surface area contributed by atoms with Crippen LogP contribution in [0.25, 0.3) is 0 Å². The van der Waals surface area contributed by atoms with Crippen molar-refractivity contribution in [2.75, 3.05) is 55.3 Å². The standard InChI is InChI=1S/C33H39F2N9O4S/c1-6-44-28(13-20(2)40-44)32(46)36-27-17-23(42-11-9-41(5)10-12-42)7-8-25(27)31(45)37-30-26-18-43(19-33(3,4)29(26)38-39-30)49(47,48)24-15-21(34)14-22(35)16-24/h7-8,13-17H,6,9-12,18-19H2,1-5H3,(H,36,46)(H2,37,38,39,45). The van der Waals surface area contributed by atoms with Gasteiger partial charge >= 0.3 is 0 Å². The maximum absolute atomic E-state index is 14.0. The molecule has 16 heteroatoms. The van der Waals surface area contributed by atoms with E-state index in [2.05, 4.69) is 42.8 Å². The summed E-state index contributed by atoms with van der Waals surface area (Å²) in [4.78, 5) is 31.4. The molecule has 260 valence electrons. The van der Waals surface area contributed by atoms with Gasteiger partial charge in [-0.3, -0.25) is 19.4 Å². The van der Waals surface area contributed by atoms with E-state index in [9.17, 15) is 26.8 Å². The molecule has 0 saturated carbocycles. The molecule has 0 spiro atoms. The first-order valence-electron chi connectivity index (χ1n) is 15.9. The highest BCUT2D eigenvalue weighted by atomic mass is 32.2. The van der Waals surface area contributed by atoms with Gasteiger partial charge in [0.05, 0.1) is 21.8 Å². The van der Waals surface area contributed by atoms with Gasteiger partial charge in [-0.1, -0.05) is 13.8 Å². The molecule has 4 heterocycles. The number of likely N-dealkylation sites (N-methyl/N-ethyl adjacent to an activating group) is 1. The Balaban J connectivity index is 1.32. The lowest BCUT2D eigenvalue weighted by Gasteiger charge is -2.36. The highest BCUT2D eigenvalue weighted by Crippen LogP contribution is 2.38. The fourth-order valence-corrected chi connectivity index (χ4v) is 7.97. The average Bonchev–Trinajstić information content (AvgIpc) is 3.64. The monoisotopic (exact) mass is 695 g/mol. The summed E-state index contributed by atoms with van der Waals surface area (Å²) in [5.41, 5.74) is 2.54. The molecule has 2 aromatic heterocycles. The minimum atomic E-state index is -4.33. The number of aryl methyl sites for hydroxylation is 2. The summed E-state index contributed by atoms with van der Waals surface area (Å²) in [6, 6.07) is 9.07. The molecule has 0 unspecified atom stereocenters. The second kappa shape index (κ2) is 13.0.